The van der Waals surface area contributed by atoms with Gasteiger partial charge in [0.2, 0.25) is 5.91 Å². The van der Waals surface area contributed by atoms with Crippen LogP contribution in [0.4, 0.5) is 0 Å². The van der Waals surface area contributed by atoms with Crippen molar-refractivity contribution in [2.75, 3.05) is 13.2 Å². The van der Waals surface area contributed by atoms with Crippen LogP contribution in [0.2, 0.25) is 0 Å². The van der Waals surface area contributed by atoms with Gasteiger partial charge in [-0.25, -0.2) is 0 Å². The molecule has 0 bridgehead atoms. The molecule has 1 amide bonds. The molecule has 1 fully saturated rings. The molecule has 11 nitrogen and oxygen atoms in total. The summed E-state index contributed by atoms with van der Waals surface area (Å²) in [6.07, 6.45) is 47.2. The van der Waals surface area contributed by atoms with Crippen molar-refractivity contribution in [1.29, 1.82) is 0 Å². The second-order valence-corrected chi connectivity index (χ2v) is 20.4. The lowest BCUT2D eigenvalue weighted by molar-refractivity contribution is -0.305. The van der Waals surface area contributed by atoms with Gasteiger partial charge in [0.1, 0.15) is 24.4 Å². The molecular weight excluding hydrogens is 895 g/mol. The quantitative estimate of drug-likeness (QED) is 0.0149. The lowest BCUT2D eigenvalue weighted by Crippen LogP contribution is -2.61. The van der Waals surface area contributed by atoms with Crippen molar-refractivity contribution in [2.24, 2.45) is 0 Å². The van der Waals surface area contributed by atoms with E-state index in [1.54, 1.807) is 6.08 Å². The number of unbranched alkanes of at least 4 members (excludes halogenated alkanes) is 31. The van der Waals surface area contributed by atoms with E-state index in [9.17, 15) is 35.1 Å². The third kappa shape index (κ3) is 37.1. The Morgan fingerprint density at radius 2 is 1.01 bits per heavy atom. The van der Waals surface area contributed by atoms with Gasteiger partial charge in [0.25, 0.3) is 0 Å². The minimum absolute atomic E-state index is 0.101. The Bertz CT molecular complexity index is 1340. The Morgan fingerprint density at radius 1 is 0.563 bits per heavy atom. The average molecular weight is 1000 g/mol. The molecule has 1 heterocycles. The first kappa shape index (κ1) is 66.6. The van der Waals surface area contributed by atoms with Gasteiger partial charge in [-0.05, 0) is 44.9 Å². The molecule has 6 N–H and O–H groups in total. The molecule has 0 spiro atoms. The van der Waals surface area contributed by atoms with Gasteiger partial charge < -0.3 is 45.1 Å². The maximum Gasteiger partial charge on any atom is 0.306 e. The average Bonchev–Trinajstić information content (AvgIpc) is 3.37. The number of amides is 1. The second kappa shape index (κ2) is 48.6. The Labute approximate surface area is 434 Å². The SMILES string of the molecule is CC/C=C/C=C/C=C\CCCCCCCC(=O)OC1C(OCC(NC(=O)C(O)CCCCCCCCCCCCCCCCCC)C(O)/C=C/CCCCCCCCCCCCC)OC(CO)C(O)C1O. The summed E-state index contributed by atoms with van der Waals surface area (Å²) in [5.41, 5.74) is 0. The fourth-order valence-electron chi connectivity index (χ4n) is 9.12. The number of ether oxygens (including phenoxy) is 3. The normalized spacial score (nSPS) is 19.9. The smallest absolute Gasteiger partial charge is 0.306 e. The van der Waals surface area contributed by atoms with Gasteiger partial charge in [-0.3, -0.25) is 9.59 Å². The lowest BCUT2D eigenvalue weighted by atomic mass is 9.99. The van der Waals surface area contributed by atoms with Crippen molar-refractivity contribution >= 4 is 11.9 Å². The zero-order chi connectivity index (χ0) is 51.8. The molecule has 414 valence electrons. The second-order valence-electron chi connectivity index (χ2n) is 20.4. The van der Waals surface area contributed by atoms with Crippen LogP contribution in [-0.2, 0) is 23.8 Å². The summed E-state index contributed by atoms with van der Waals surface area (Å²) in [7, 11) is 0. The van der Waals surface area contributed by atoms with Crippen molar-refractivity contribution < 1.29 is 49.3 Å². The monoisotopic (exact) mass is 1000 g/mol. The van der Waals surface area contributed by atoms with Gasteiger partial charge in [0.15, 0.2) is 12.4 Å². The summed E-state index contributed by atoms with van der Waals surface area (Å²) in [4.78, 5) is 26.5. The van der Waals surface area contributed by atoms with E-state index in [4.69, 9.17) is 14.2 Å². The molecule has 0 aliphatic carbocycles. The lowest BCUT2D eigenvalue weighted by Gasteiger charge is -2.41. The molecule has 0 aromatic carbocycles. The number of allylic oxidation sites excluding steroid dienone is 7. The van der Waals surface area contributed by atoms with E-state index in [1.807, 2.05) is 24.3 Å². The van der Waals surface area contributed by atoms with Crippen LogP contribution in [0.25, 0.3) is 0 Å². The van der Waals surface area contributed by atoms with Gasteiger partial charge in [-0.2, -0.15) is 0 Å². The number of rotatable bonds is 49. The number of carbonyl (C=O) groups excluding carboxylic acids is 2. The maximum absolute atomic E-state index is 13.4. The van der Waals surface area contributed by atoms with Crippen LogP contribution >= 0.6 is 0 Å². The van der Waals surface area contributed by atoms with Gasteiger partial charge in [-0.1, -0.05) is 256 Å². The fraction of sp³-hybridized carbons (Fsp3) is 0.833. The summed E-state index contributed by atoms with van der Waals surface area (Å²) in [5.74, 6) is -1.21. The van der Waals surface area contributed by atoms with Crippen LogP contribution in [0.1, 0.15) is 258 Å². The largest absolute Gasteiger partial charge is 0.454 e. The molecule has 1 saturated heterocycles. The summed E-state index contributed by atoms with van der Waals surface area (Å²) >= 11 is 0. The van der Waals surface area contributed by atoms with Gasteiger partial charge >= 0.3 is 5.97 Å². The molecular formula is C60H109NO10. The number of hydrogen-bond acceptors (Lipinski definition) is 10. The third-order valence-corrected chi connectivity index (χ3v) is 13.8. The van der Waals surface area contributed by atoms with Crippen molar-refractivity contribution in [3.8, 4) is 0 Å². The molecule has 1 aliphatic heterocycles. The standard InChI is InChI=1S/C60H109NO10/c1-4-7-10-13-16-19-22-25-26-27-30-32-35-38-41-44-47-53(64)59(68)61-51(52(63)46-43-40-37-34-31-28-23-20-17-14-11-8-5-2)50-69-60-58(57(67)56(66)54(49-62)70-60)71-55(65)48-45-42-39-36-33-29-24-21-18-15-12-9-6-3/h9,12,15,18,21,24,43,46,51-54,56-58,60,62-64,66-67H,4-8,10-11,13-14,16-17,19-20,22-23,25-42,44-45,47-50H2,1-3H3,(H,61,68)/b12-9+,18-15+,24-21-,46-43+. The molecule has 8 unspecified atom stereocenters. The van der Waals surface area contributed by atoms with Crippen LogP contribution in [-0.4, -0.2) is 99.6 Å². The predicted molar refractivity (Wildman–Crippen MR) is 292 cm³/mol. The summed E-state index contributed by atoms with van der Waals surface area (Å²) in [6.45, 7) is 5.65. The van der Waals surface area contributed by atoms with Crippen LogP contribution in [0.5, 0.6) is 0 Å². The van der Waals surface area contributed by atoms with Crippen LogP contribution in [0.15, 0.2) is 48.6 Å². The highest BCUT2D eigenvalue weighted by Gasteiger charge is 2.47. The highest BCUT2D eigenvalue weighted by Crippen LogP contribution is 2.26. The Morgan fingerprint density at radius 3 is 1.51 bits per heavy atom. The first-order valence-corrected chi connectivity index (χ1v) is 29.4. The number of hydrogen-bond donors (Lipinski definition) is 6. The van der Waals surface area contributed by atoms with E-state index in [-0.39, 0.29) is 13.0 Å². The highest BCUT2D eigenvalue weighted by molar-refractivity contribution is 5.80. The number of aliphatic hydroxyl groups is 5. The molecule has 1 aliphatic rings. The van der Waals surface area contributed by atoms with Gasteiger partial charge in [0, 0.05) is 6.42 Å². The van der Waals surface area contributed by atoms with Crippen molar-refractivity contribution in [2.45, 2.75) is 307 Å². The molecule has 0 aromatic heterocycles. The van der Waals surface area contributed by atoms with Crippen LogP contribution in [0, 0.1) is 0 Å². The maximum atomic E-state index is 13.4. The predicted octanol–water partition coefficient (Wildman–Crippen LogP) is 13.3. The summed E-state index contributed by atoms with van der Waals surface area (Å²) in [5, 5.41) is 56.8. The van der Waals surface area contributed by atoms with E-state index in [2.05, 4.69) is 44.3 Å². The Kier molecular flexibility index (Phi) is 45.6. The molecule has 11 heteroatoms. The van der Waals surface area contributed by atoms with Crippen molar-refractivity contribution in [1.82, 2.24) is 5.32 Å². The minimum Gasteiger partial charge on any atom is -0.454 e. The summed E-state index contributed by atoms with van der Waals surface area (Å²) in [6, 6.07) is -1.03. The van der Waals surface area contributed by atoms with Crippen molar-refractivity contribution in [3.63, 3.8) is 0 Å². The Hall–Kier alpha value is -2.38. The third-order valence-electron chi connectivity index (χ3n) is 13.8. The first-order valence-electron chi connectivity index (χ1n) is 29.4. The number of nitrogens with one attached hydrogen (secondary N) is 1. The Balaban J connectivity index is 2.73. The van der Waals surface area contributed by atoms with Crippen LogP contribution < -0.4 is 5.32 Å². The van der Waals surface area contributed by atoms with Gasteiger partial charge in [-0.15, -0.1) is 0 Å². The van der Waals surface area contributed by atoms with Gasteiger partial charge in [0.05, 0.1) is 25.4 Å². The highest BCUT2D eigenvalue weighted by atomic mass is 16.7. The van der Waals surface area contributed by atoms with E-state index >= 15 is 0 Å². The van der Waals surface area contributed by atoms with E-state index in [1.165, 1.54) is 135 Å². The topological polar surface area (TPSA) is 175 Å². The molecule has 8 atom stereocenters. The summed E-state index contributed by atoms with van der Waals surface area (Å²) < 4.78 is 17.6. The number of carbonyl (C=O) groups is 2. The molecule has 1 rings (SSSR count). The van der Waals surface area contributed by atoms with E-state index in [0.29, 0.717) is 19.3 Å². The van der Waals surface area contributed by atoms with Crippen LogP contribution in [0.3, 0.4) is 0 Å². The molecule has 0 aromatic rings. The van der Waals surface area contributed by atoms with E-state index in [0.717, 1.165) is 77.0 Å². The number of esters is 1. The number of aliphatic hydroxyl groups excluding tert-OH is 5. The first-order chi connectivity index (χ1) is 34.7. The van der Waals surface area contributed by atoms with Crippen molar-refractivity contribution in [3.05, 3.63) is 48.6 Å². The van der Waals surface area contributed by atoms with E-state index < -0.39 is 67.4 Å². The molecule has 71 heavy (non-hydrogen) atoms. The zero-order valence-electron chi connectivity index (χ0n) is 45.6. The minimum atomic E-state index is -1.62. The molecule has 0 saturated carbocycles. The fourth-order valence-corrected chi connectivity index (χ4v) is 9.12. The molecule has 0 radical (unpaired) electrons. The zero-order valence-corrected chi connectivity index (χ0v) is 45.6.